The first-order valence-electron chi connectivity index (χ1n) is 5.18. The maximum atomic E-state index is 4.27. The fraction of sp³-hybridized carbons (Fsp3) is 0. The minimum atomic E-state index is 0.963. The van der Waals surface area contributed by atoms with Crippen LogP contribution < -0.4 is 0 Å². The minimum absolute atomic E-state index is 0.963. The maximum absolute atomic E-state index is 4.27. The third-order valence-corrected chi connectivity index (χ3v) is 2.54. The molecule has 2 N–H and O–H groups in total. The Hall–Kier alpha value is -2.29. The van der Waals surface area contributed by atoms with Gasteiger partial charge in [0, 0.05) is 17.3 Å². The molecule has 3 nitrogen and oxygen atoms in total. The molecule has 2 heterocycles. The van der Waals surface area contributed by atoms with Crippen molar-refractivity contribution in [2.75, 3.05) is 0 Å². The fourth-order valence-corrected chi connectivity index (χ4v) is 1.73. The topological polar surface area (TPSA) is 44.5 Å². The zero-order chi connectivity index (χ0) is 10.8. The molecule has 3 heteroatoms. The molecule has 0 saturated heterocycles. The van der Waals surface area contributed by atoms with Gasteiger partial charge in [-0.3, -0.25) is 5.10 Å². The monoisotopic (exact) mass is 209 g/mol. The minimum Gasteiger partial charge on any atom is -0.362 e. The summed E-state index contributed by atoms with van der Waals surface area (Å²) in [5.74, 6) is 0. The van der Waals surface area contributed by atoms with E-state index in [0.29, 0.717) is 0 Å². The summed E-state index contributed by atoms with van der Waals surface area (Å²) in [6.45, 7) is 0. The number of para-hydroxylation sites is 1. The summed E-state index contributed by atoms with van der Waals surface area (Å²) in [5.41, 5.74) is 3.10. The highest BCUT2D eigenvalue weighted by Crippen LogP contribution is 2.16. The normalized spacial score (nSPS) is 11.5. The molecule has 0 saturated carbocycles. The van der Waals surface area contributed by atoms with Gasteiger partial charge in [-0.05, 0) is 30.4 Å². The molecule has 0 fully saturated rings. The molecule has 1 aromatic carbocycles. The number of hydrogen-bond acceptors (Lipinski definition) is 1. The van der Waals surface area contributed by atoms with Crippen molar-refractivity contribution in [3.63, 3.8) is 0 Å². The van der Waals surface area contributed by atoms with Crippen LogP contribution in [-0.2, 0) is 0 Å². The molecule has 2 aromatic heterocycles. The number of aromatic nitrogens is 3. The molecular formula is C13H11N3. The lowest BCUT2D eigenvalue weighted by atomic mass is 10.2. The van der Waals surface area contributed by atoms with Crippen molar-refractivity contribution in [3.8, 4) is 0 Å². The fourth-order valence-electron chi connectivity index (χ4n) is 1.73. The Morgan fingerprint density at radius 2 is 1.94 bits per heavy atom. The second kappa shape index (κ2) is 3.70. The van der Waals surface area contributed by atoms with Crippen LogP contribution in [0.5, 0.6) is 0 Å². The van der Waals surface area contributed by atoms with Gasteiger partial charge in [0.05, 0.1) is 11.2 Å². The van der Waals surface area contributed by atoms with Gasteiger partial charge in [0.2, 0.25) is 0 Å². The lowest BCUT2D eigenvalue weighted by molar-refractivity contribution is 1.11. The Bertz CT molecular complexity index is 617. The van der Waals surface area contributed by atoms with E-state index in [1.807, 2.05) is 48.7 Å². The van der Waals surface area contributed by atoms with Crippen LogP contribution in [0.1, 0.15) is 11.4 Å². The van der Waals surface area contributed by atoms with E-state index >= 15 is 0 Å². The molecule has 78 valence electrons. The van der Waals surface area contributed by atoms with Crippen LogP contribution in [0.2, 0.25) is 0 Å². The van der Waals surface area contributed by atoms with Crippen LogP contribution in [-0.4, -0.2) is 15.2 Å². The Kier molecular flexibility index (Phi) is 2.07. The maximum Gasteiger partial charge on any atom is 0.0927 e. The van der Waals surface area contributed by atoms with E-state index in [4.69, 9.17) is 0 Å². The molecule has 0 atom stereocenters. The first-order chi connectivity index (χ1) is 7.93. The summed E-state index contributed by atoms with van der Waals surface area (Å²) in [4.78, 5) is 3.12. The Labute approximate surface area is 92.8 Å². The number of fused-ring (bicyclic) bond motifs is 1. The van der Waals surface area contributed by atoms with E-state index in [1.54, 1.807) is 0 Å². The van der Waals surface area contributed by atoms with Gasteiger partial charge in [-0.25, -0.2) is 0 Å². The van der Waals surface area contributed by atoms with Crippen LogP contribution in [0.15, 0.2) is 42.6 Å². The van der Waals surface area contributed by atoms with Crippen molar-refractivity contribution in [1.29, 1.82) is 0 Å². The third kappa shape index (κ3) is 1.52. The van der Waals surface area contributed by atoms with Gasteiger partial charge in [-0.15, -0.1) is 0 Å². The average Bonchev–Trinajstić information content (AvgIpc) is 2.96. The number of nitrogens with one attached hydrogen (secondary N) is 2. The second-order valence-electron chi connectivity index (χ2n) is 3.61. The molecule has 0 amide bonds. The largest absolute Gasteiger partial charge is 0.362 e. The summed E-state index contributed by atoms with van der Waals surface area (Å²) in [7, 11) is 0. The number of benzene rings is 1. The first kappa shape index (κ1) is 8.97. The third-order valence-electron chi connectivity index (χ3n) is 2.54. The van der Waals surface area contributed by atoms with Crippen molar-refractivity contribution >= 4 is 23.1 Å². The van der Waals surface area contributed by atoms with Gasteiger partial charge in [-0.2, -0.15) is 5.10 Å². The summed E-state index contributed by atoms with van der Waals surface area (Å²) in [5, 5.41) is 8.42. The SMILES string of the molecule is C(=Cc1n[nH]c2ccccc12)c1ccc[nH]1. The molecule has 0 spiro atoms. The van der Waals surface area contributed by atoms with E-state index in [-0.39, 0.29) is 0 Å². The van der Waals surface area contributed by atoms with E-state index < -0.39 is 0 Å². The van der Waals surface area contributed by atoms with E-state index in [0.717, 1.165) is 22.3 Å². The summed E-state index contributed by atoms with van der Waals surface area (Å²) in [6.07, 6.45) is 5.93. The van der Waals surface area contributed by atoms with E-state index in [9.17, 15) is 0 Å². The lowest BCUT2D eigenvalue weighted by Gasteiger charge is -1.88. The molecule has 0 aliphatic heterocycles. The molecule has 3 aromatic rings. The highest BCUT2D eigenvalue weighted by molar-refractivity contribution is 5.88. The number of aromatic amines is 2. The lowest BCUT2D eigenvalue weighted by Crippen LogP contribution is -1.73. The Morgan fingerprint density at radius 1 is 1.00 bits per heavy atom. The summed E-state index contributed by atoms with van der Waals surface area (Å²) >= 11 is 0. The summed E-state index contributed by atoms with van der Waals surface area (Å²) in [6, 6.07) is 12.1. The van der Waals surface area contributed by atoms with Gasteiger partial charge in [0.15, 0.2) is 0 Å². The van der Waals surface area contributed by atoms with Gasteiger partial charge in [-0.1, -0.05) is 18.2 Å². The van der Waals surface area contributed by atoms with Gasteiger partial charge < -0.3 is 4.98 Å². The zero-order valence-corrected chi connectivity index (χ0v) is 8.64. The van der Waals surface area contributed by atoms with Crippen LogP contribution in [0.4, 0.5) is 0 Å². The van der Waals surface area contributed by atoms with Gasteiger partial charge in [0.1, 0.15) is 0 Å². The highest BCUT2D eigenvalue weighted by Gasteiger charge is 2.00. The molecule has 0 aliphatic rings. The Morgan fingerprint density at radius 3 is 2.81 bits per heavy atom. The first-order valence-corrected chi connectivity index (χ1v) is 5.18. The molecule has 0 unspecified atom stereocenters. The number of hydrogen-bond donors (Lipinski definition) is 2. The van der Waals surface area contributed by atoms with Crippen LogP contribution in [0.3, 0.4) is 0 Å². The average molecular weight is 209 g/mol. The standard InChI is InChI=1S/C13H11N3/c1-2-6-12-11(5-1)13(16-15-12)8-7-10-4-3-9-14-10/h1-9,14H,(H,15,16). The predicted octanol–water partition coefficient (Wildman–Crippen LogP) is 3.06. The molecule has 3 rings (SSSR count). The van der Waals surface area contributed by atoms with Crippen LogP contribution in [0.25, 0.3) is 23.1 Å². The number of H-pyrrole nitrogens is 2. The Balaban J connectivity index is 2.01. The summed E-state index contributed by atoms with van der Waals surface area (Å²) < 4.78 is 0. The van der Waals surface area contributed by atoms with Crippen LogP contribution >= 0.6 is 0 Å². The second-order valence-corrected chi connectivity index (χ2v) is 3.61. The van der Waals surface area contributed by atoms with Gasteiger partial charge >= 0.3 is 0 Å². The van der Waals surface area contributed by atoms with Crippen molar-refractivity contribution in [2.24, 2.45) is 0 Å². The van der Waals surface area contributed by atoms with Crippen molar-refractivity contribution in [1.82, 2.24) is 15.2 Å². The van der Waals surface area contributed by atoms with E-state index in [1.165, 1.54) is 0 Å². The van der Waals surface area contributed by atoms with Crippen molar-refractivity contribution in [2.45, 2.75) is 0 Å². The smallest absolute Gasteiger partial charge is 0.0927 e. The van der Waals surface area contributed by atoms with Crippen LogP contribution in [0, 0.1) is 0 Å². The number of rotatable bonds is 2. The molecule has 0 radical (unpaired) electrons. The quantitative estimate of drug-likeness (QED) is 0.669. The van der Waals surface area contributed by atoms with Gasteiger partial charge in [0.25, 0.3) is 0 Å². The highest BCUT2D eigenvalue weighted by atomic mass is 15.1. The predicted molar refractivity (Wildman–Crippen MR) is 65.8 cm³/mol. The van der Waals surface area contributed by atoms with Crippen molar-refractivity contribution < 1.29 is 0 Å². The zero-order valence-electron chi connectivity index (χ0n) is 8.64. The molecular weight excluding hydrogens is 198 g/mol. The van der Waals surface area contributed by atoms with Crippen molar-refractivity contribution in [3.05, 3.63) is 54.0 Å². The molecule has 16 heavy (non-hydrogen) atoms. The molecule has 0 bridgehead atoms. The van der Waals surface area contributed by atoms with E-state index in [2.05, 4.69) is 21.2 Å². The number of nitrogens with zero attached hydrogens (tertiary/aromatic N) is 1. The molecule has 0 aliphatic carbocycles.